The van der Waals surface area contributed by atoms with Gasteiger partial charge in [0.25, 0.3) is 0 Å². The Morgan fingerprint density at radius 2 is 0.919 bits per heavy atom. The van der Waals surface area contributed by atoms with Crippen LogP contribution in [0.4, 0.5) is 0 Å². The van der Waals surface area contributed by atoms with Crippen LogP contribution in [-0.4, -0.2) is 63.9 Å². The highest BCUT2D eigenvalue weighted by Gasteiger charge is 2.40. The number of carboxylic acid groups (broad SMARTS) is 3. The maximum absolute atomic E-state index is 11.9. The average molecular weight is 527 g/mol. The number of quaternary nitrogens is 1. The topological polar surface area (TPSA) is 112 Å². The lowest BCUT2D eigenvalue weighted by Gasteiger charge is -2.43. The van der Waals surface area contributed by atoms with Crippen LogP contribution in [0.5, 0.6) is 0 Å². The van der Waals surface area contributed by atoms with E-state index < -0.39 is 35.7 Å². The minimum atomic E-state index is -0.905. The molecule has 216 valence electrons. The Labute approximate surface area is 225 Å². The van der Waals surface area contributed by atoms with Crippen LogP contribution in [0.3, 0.4) is 0 Å². The van der Waals surface area contributed by atoms with Crippen molar-refractivity contribution >= 4 is 17.9 Å². The molecule has 0 bridgehead atoms. The van der Waals surface area contributed by atoms with Crippen molar-refractivity contribution in [3.63, 3.8) is 0 Å². The van der Waals surface area contributed by atoms with E-state index in [2.05, 4.69) is 19.1 Å². The Morgan fingerprint density at radius 3 is 1.27 bits per heavy atom. The summed E-state index contributed by atoms with van der Waals surface area (Å²) in [6.45, 7) is 9.01. The fourth-order valence-corrected chi connectivity index (χ4v) is 5.20. The second kappa shape index (κ2) is 21.1. The molecule has 0 aromatic carbocycles. The van der Waals surface area contributed by atoms with Crippen LogP contribution in [0.15, 0.2) is 12.2 Å². The Morgan fingerprint density at radius 1 is 0.568 bits per heavy atom. The highest BCUT2D eigenvalue weighted by Crippen LogP contribution is 2.24. The molecule has 0 radical (unpaired) electrons. The molecule has 0 fully saturated rings. The van der Waals surface area contributed by atoms with Crippen LogP contribution in [0.25, 0.3) is 0 Å². The third-order valence-electron chi connectivity index (χ3n) is 7.76. The van der Waals surface area contributed by atoms with E-state index >= 15 is 0 Å². The van der Waals surface area contributed by atoms with Crippen molar-refractivity contribution < 1.29 is 34.2 Å². The molecule has 0 aliphatic carbocycles. The largest absolute Gasteiger partial charge is 0.481 e. The summed E-state index contributed by atoms with van der Waals surface area (Å²) in [5.74, 6) is -4.62. The first-order chi connectivity index (χ1) is 17.7. The molecule has 0 aromatic heterocycles. The molecule has 37 heavy (non-hydrogen) atoms. The van der Waals surface area contributed by atoms with E-state index in [1.165, 1.54) is 51.4 Å². The zero-order valence-electron chi connectivity index (χ0n) is 24.1. The summed E-state index contributed by atoms with van der Waals surface area (Å²) in [6, 6.07) is 0. The van der Waals surface area contributed by atoms with Gasteiger partial charge >= 0.3 is 17.9 Å². The van der Waals surface area contributed by atoms with Crippen LogP contribution < -0.4 is 0 Å². The molecule has 0 saturated heterocycles. The van der Waals surface area contributed by atoms with Crippen LogP contribution in [0.2, 0.25) is 0 Å². The van der Waals surface area contributed by atoms with E-state index in [0.29, 0.717) is 32.2 Å². The Balaban J connectivity index is 5.24. The van der Waals surface area contributed by atoms with Crippen LogP contribution in [0.1, 0.15) is 118 Å². The molecule has 3 atom stereocenters. The summed E-state index contributed by atoms with van der Waals surface area (Å²) in [5.41, 5.74) is 0. The standard InChI is InChI=1S/C30H55NO6/c1-5-9-10-11-12-13-14-15-16-17-18-19-20-21-31(22-25(6-2)28(32)33,23-26(7-3)29(34)35)24-27(8-4)30(36)37/h18-19,25-27H,5-17,20-24H2,1-4H3,(H2-,32,33,34,35,36,37)/p+1/b19-18+. The quantitative estimate of drug-likeness (QED) is 0.0670. The summed E-state index contributed by atoms with van der Waals surface area (Å²) in [4.78, 5) is 35.8. The molecule has 0 heterocycles. The van der Waals surface area contributed by atoms with Crippen LogP contribution >= 0.6 is 0 Å². The number of aliphatic carboxylic acids is 3. The smallest absolute Gasteiger partial charge is 0.312 e. The van der Waals surface area contributed by atoms with Gasteiger partial charge in [0.15, 0.2) is 0 Å². The Bertz CT molecular complexity index is 603. The molecule has 0 amide bonds. The molecule has 0 saturated carbocycles. The van der Waals surface area contributed by atoms with Gasteiger partial charge in [0.1, 0.15) is 17.8 Å². The van der Waals surface area contributed by atoms with Gasteiger partial charge < -0.3 is 19.8 Å². The summed E-state index contributed by atoms with van der Waals surface area (Å²) < 4.78 is 0.211. The van der Waals surface area contributed by atoms with Crippen molar-refractivity contribution in [2.75, 3.05) is 26.2 Å². The molecule has 0 rings (SSSR count). The SMILES string of the molecule is CCCCCCCCCCC/C=C/CC[N+](CC(CC)C(=O)O)(CC(CC)C(=O)O)CC(CC)C(=O)O. The monoisotopic (exact) mass is 526 g/mol. The number of carboxylic acids is 3. The van der Waals surface area contributed by atoms with E-state index in [9.17, 15) is 29.7 Å². The molecule has 3 N–H and O–H groups in total. The van der Waals surface area contributed by atoms with Gasteiger partial charge in [-0.05, 0) is 32.1 Å². The second-order valence-corrected chi connectivity index (χ2v) is 10.8. The van der Waals surface area contributed by atoms with Crippen molar-refractivity contribution in [3.8, 4) is 0 Å². The third-order valence-corrected chi connectivity index (χ3v) is 7.76. The highest BCUT2D eigenvalue weighted by atomic mass is 16.4. The van der Waals surface area contributed by atoms with Crippen molar-refractivity contribution in [2.45, 2.75) is 118 Å². The predicted octanol–water partition coefficient (Wildman–Crippen LogP) is 7.00. The fourth-order valence-electron chi connectivity index (χ4n) is 5.20. The molecule has 0 aliphatic heterocycles. The van der Waals surface area contributed by atoms with Gasteiger partial charge in [-0.2, -0.15) is 0 Å². The molecule has 3 unspecified atom stereocenters. The zero-order valence-corrected chi connectivity index (χ0v) is 24.1. The summed E-state index contributed by atoms with van der Waals surface area (Å²) in [7, 11) is 0. The molecule has 7 heteroatoms. The summed E-state index contributed by atoms with van der Waals surface area (Å²) >= 11 is 0. The lowest BCUT2D eigenvalue weighted by molar-refractivity contribution is -0.934. The van der Waals surface area contributed by atoms with E-state index in [-0.39, 0.29) is 24.1 Å². The van der Waals surface area contributed by atoms with Gasteiger partial charge in [0.05, 0.1) is 26.2 Å². The molecule has 7 nitrogen and oxygen atoms in total. The Hall–Kier alpha value is -1.89. The molecular weight excluding hydrogens is 470 g/mol. The maximum atomic E-state index is 11.9. The van der Waals surface area contributed by atoms with Gasteiger partial charge in [-0.15, -0.1) is 0 Å². The third kappa shape index (κ3) is 15.8. The minimum Gasteiger partial charge on any atom is -0.481 e. The fraction of sp³-hybridized carbons (Fsp3) is 0.833. The van der Waals surface area contributed by atoms with Crippen molar-refractivity contribution in [1.29, 1.82) is 0 Å². The molecule has 0 spiro atoms. The first-order valence-electron chi connectivity index (χ1n) is 14.8. The van der Waals surface area contributed by atoms with Crippen molar-refractivity contribution in [2.24, 2.45) is 17.8 Å². The van der Waals surface area contributed by atoms with Gasteiger partial charge in [-0.1, -0.05) is 91.2 Å². The van der Waals surface area contributed by atoms with Crippen LogP contribution in [0, 0.1) is 17.8 Å². The number of rotatable bonds is 25. The molecule has 0 aromatic rings. The number of carbonyl (C=O) groups is 3. The van der Waals surface area contributed by atoms with Gasteiger partial charge in [-0.25, -0.2) is 0 Å². The number of unbranched alkanes of at least 4 members (excludes halogenated alkanes) is 9. The second-order valence-electron chi connectivity index (χ2n) is 10.8. The van der Waals surface area contributed by atoms with E-state index in [1.807, 2.05) is 20.8 Å². The summed E-state index contributed by atoms with van der Waals surface area (Å²) in [5, 5.41) is 29.3. The lowest BCUT2D eigenvalue weighted by Crippen LogP contribution is -2.58. The van der Waals surface area contributed by atoms with Gasteiger partial charge in [0, 0.05) is 6.42 Å². The maximum Gasteiger partial charge on any atom is 0.312 e. The minimum absolute atomic E-state index is 0.211. The summed E-state index contributed by atoms with van der Waals surface area (Å²) in [6.07, 6.45) is 18.8. The normalized spacial score (nSPS) is 15.8. The molecule has 0 aliphatic rings. The Kier molecular flexibility index (Phi) is 20.0. The van der Waals surface area contributed by atoms with E-state index in [4.69, 9.17) is 0 Å². The number of allylic oxidation sites excluding steroid dienone is 1. The zero-order chi connectivity index (χ0) is 28.1. The average Bonchev–Trinajstić information content (AvgIpc) is 2.86. The van der Waals surface area contributed by atoms with E-state index in [0.717, 1.165) is 12.8 Å². The predicted molar refractivity (Wildman–Crippen MR) is 150 cm³/mol. The van der Waals surface area contributed by atoms with Gasteiger partial charge in [-0.3, -0.25) is 14.4 Å². The van der Waals surface area contributed by atoms with Crippen LogP contribution in [-0.2, 0) is 14.4 Å². The highest BCUT2D eigenvalue weighted by molar-refractivity contribution is 5.71. The van der Waals surface area contributed by atoms with Crippen molar-refractivity contribution in [1.82, 2.24) is 0 Å². The van der Waals surface area contributed by atoms with Gasteiger partial charge in [0.2, 0.25) is 0 Å². The lowest BCUT2D eigenvalue weighted by atomic mass is 9.96. The first-order valence-corrected chi connectivity index (χ1v) is 14.8. The van der Waals surface area contributed by atoms with E-state index in [1.54, 1.807) is 0 Å². The first kappa shape index (κ1) is 35.1. The number of hydrogen-bond donors (Lipinski definition) is 3. The number of nitrogens with zero attached hydrogens (tertiary/aromatic N) is 1. The molecular formula is C30H56NO6+. The van der Waals surface area contributed by atoms with Crippen molar-refractivity contribution in [3.05, 3.63) is 12.2 Å². The number of hydrogen-bond acceptors (Lipinski definition) is 3.